The number of hydrogen-bond donors (Lipinski definition) is 4. The van der Waals surface area contributed by atoms with Gasteiger partial charge in [0.15, 0.2) is 0 Å². The van der Waals surface area contributed by atoms with Crippen molar-refractivity contribution >= 4 is 21.6 Å². The fourth-order valence-corrected chi connectivity index (χ4v) is 5.33. The number of sulfonamides is 1. The van der Waals surface area contributed by atoms with Crippen LogP contribution in [0.15, 0.2) is 66.7 Å². The van der Waals surface area contributed by atoms with Crippen LogP contribution in [0.2, 0.25) is 0 Å². The Labute approximate surface area is 228 Å². The zero-order valence-corrected chi connectivity index (χ0v) is 22.9. The quantitative estimate of drug-likeness (QED) is 0.237. The summed E-state index contributed by atoms with van der Waals surface area (Å²) in [7, 11) is -3.55. The molecule has 0 fully saturated rings. The van der Waals surface area contributed by atoms with Crippen molar-refractivity contribution in [3.05, 3.63) is 101 Å². The Morgan fingerprint density at radius 1 is 0.923 bits per heavy atom. The Morgan fingerprint density at radius 3 is 2.31 bits per heavy atom. The van der Waals surface area contributed by atoms with Gasteiger partial charge >= 0.3 is 0 Å². The van der Waals surface area contributed by atoms with Gasteiger partial charge < -0.3 is 15.7 Å². The monoisotopic (exact) mass is 559 g/mol. The van der Waals surface area contributed by atoms with Gasteiger partial charge in [-0.1, -0.05) is 44.2 Å². The molecule has 3 aromatic rings. The Kier molecular flexibility index (Phi) is 11.0. The van der Waals surface area contributed by atoms with Gasteiger partial charge in [-0.25, -0.2) is 17.2 Å². The highest BCUT2D eigenvalue weighted by atomic mass is 32.2. The van der Waals surface area contributed by atoms with Crippen molar-refractivity contribution in [1.82, 2.24) is 10.6 Å². The summed E-state index contributed by atoms with van der Waals surface area (Å²) in [5.41, 5.74) is 2.90. The van der Waals surface area contributed by atoms with E-state index in [1.54, 1.807) is 6.92 Å². The van der Waals surface area contributed by atoms with Crippen molar-refractivity contribution < 1.29 is 27.1 Å². The molecule has 0 bridgehead atoms. The van der Waals surface area contributed by atoms with Gasteiger partial charge in [0.2, 0.25) is 10.0 Å². The van der Waals surface area contributed by atoms with E-state index < -0.39 is 39.7 Å². The predicted octanol–water partition coefficient (Wildman–Crippen LogP) is 4.17. The van der Waals surface area contributed by atoms with Gasteiger partial charge in [0, 0.05) is 30.4 Å². The summed E-state index contributed by atoms with van der Waals surface area (Å²) in [6.45, 7) is 4.40. The summed E-state index contributed by atoms with van der Waals surface area (Å²) in [5.74, 6) is -2.14. The van der Waals surface area contributed by atoms with E-state index in [2.05, 4.69) is 28.3 Å². The number of aliphatic hydroxyl groups is 1. The van der Waals surface area contributed by atoms with Crippen molar-refractivity contribution in [2.75, 3.05) is 17.0 Å². The molecule has 0 radical (unpaired) electrons. The maximum absolute atomic E-state index is 13.8. The number of halogens is 2. The van der Waals surface area contributed by atoms with Crippen LogP contribution in [0.4, 0.5) is 14.5 Å². The Hall–Kier alpha value is -3.34. The van der Waals surface area contributed by atoms with E-state index in [1.807, 2.05) is 18.2 Å². The molecule has 0 aliphatic heterocycles. The number of carbonyl (C=O) groups is 1. The summed E-state index contributed by atoms with van der Waals surface area (Å²) >= 11 is 0. The number of anilines is 1. The molecule has 10 heteroatoms. The van der Waals surface area contributed by atoms with E-state index in [1.165, 1.54) is 29.8 Å². The molecular weight excluding hydrogens is 524 g/mol. The molecule has 0 unspecified atom stereocenters. The van der Waals surface area contributed by atoms with Crippen LogP contribution < -0.4 is 15.4 Å². The summed E-state index contributed by atoms with van der Waals surface area (Å²) < 4.78 is 54.4. The average Bonchev–Trinajstić information content (AvgIpc) is 2.87. The van der Waals surface area contributed by atoms with Crippen LogP contribution in [0.3, 0.4) is 0 Å². The molecule has 3 rings (SSSR count). The molecule has 3 aromatic carbocycles. The first kappa shape index (κ1) is 30.2. The second-order valence-corrected chi connectivity index (χ2v) is 11.3. The lowest BCUT2D eigenvalue weighted by molar-refractivity contribution is 0.0830. The van der Waals surface area contributed by atoms with Crippen LogP contribution in [-0.4, -0.2) is 43.9 Å². The smallest absolute Gasteiger partial charge is 0.251 e. The Bertz CT molecular complexity index is 1350. The van der Waals surface area contributed by atoms with Crippen molar-refractivity contribution in [3.8, 4) is 0 Å². The molecular formula is C29H35F2N3O4S. The lowest BCUT2D eigenvalue weighted by Gasteiger charge is -2.25. The Balaban J connectivity index is 1.74. The zero-order chi connectivity index (χ0) is 28.4. The highest BCUT2D eigenvalue weighted by Gasteiger charge is 2.23. The van der Waals surface area contributed by atoms with E-state index in [0.29, 0.717) is 13.0 Å². The van der Waals surface area contributed by atoms with Gasteiger partial charge in [0.1, 0.15) is 11.6 Å². The maximum Gasteiger partial charge on any atom is 0.251 e. The van der Waals surface area contributed by atoms with E-state index in [-0.39, 0.29) is 35.5 Å². The first-order chi connectivity index (χ1) is 18.6. The van der Waals surface area contributed by atoms with Gasteiger partial charge in [0.25, 0.3) is 5.91 Å². The van der Waals surface area contributed by atoms with Crippen LogP contribution in [-0.2, 0) is 29.4 Å². The van der Waals surface area contributed by atoms with Gasteiger partial charge in [-0.05, 0) is 66.3 Å². The number of rotatable bonds is 14. The number of nitrogens with one attached hydrogen (secondary N) is 3. The minimum absolute atomic E-state index is 0.0304. The lowest BCUT2D eigenvalue weighted by atomic mass is 10.00. The van der Waals surface area contributed by atoms with Crippen molar-refractivity contribution in [3.63, 3.8) is 0 Å². The molecule has 2 atom stereocenters. The van der Waals surface area contributed by atoms with Crippen LogP contribution in [0.5, 0.6) is 0 Å². The number of aryl methyl sites for hydroxylation is 1. The second-order valence-electron chi connectivity index (χ2n) is 9.44. The molecule has 39 heavy (non-hydrogen) atoms. The summed E-state index contributed by atoms with van der Waals surface area (Å²) in [4.78, 5) is 13.1. The summed E-state index contributed by atoms with van der Waals surface area (Å²) in [6.07, 6.45) is 0.210. The minimum Gasteiger partial charge on any atom is -0.390 e. The van der Waals surface area contributed by atoms with Crippen LogP contribution in [0.25, 0.3) is 0 Å². The fraction of sp³-hybridized carbons (Fsp3) is 0.345. The normalized spacial score (nSPS) is 13.1. The van der Waals surface area contributed by atoms with E-state index in [9.17, 15) is 27.1 Å². The largest absolute Gasteiger partial charge is 0.390 e. The first-order valence-corrected chi connectivity index (χ1v) is 14.6. The fourth-order valence-electron chi connectivity index (χ4n) is 4.21. The van der Waals surface area contributed by atoms with Crippen molar-refractivity contribution in [2.24, 2.45) is 0 Å². The molecule has 0 saturated carbocycles. The van der Waals surface area contributed by atoms with Gasteiger partial charge in [-0.2, -0.15) is 0 Å². The third kappa shape index (κ3) is 9.72. The number of benzene rings is 3. The summed E-state index contributed by atoms with van der Waals surface area (Å²) in [5, 5.41) is 16.9. The molecule has 0 spiro atoms. The molecule has 0 aliphatic carbocycles. The average molecular weight is 560 g/mol. The number of aliphatic hydroxyl groups excluding tert-OH is 1. The summed E-state index contributed by atoms with van der Waals surface area (Å²) in [6, 6.07) is 16.2. The topological polar surface area (TPSA) is 108 Å². The van der Waals surface area contributed by atoms with Crippen LogP contribution in [0, 0.1) is 11.6 Å². The molecule has 1 amide bonds. The molecule has 7 nitrogen and oxygen atoms in total. The molecule has 210 valence electrons. The minimum atomic E-state index is -3.55. The van der Waals surface area contributed by atoms with E-state index in [4.69, 9.17) is 0 Å². The van der Waals surface area contributed by atoms with Crippen LogP contribution >= 0.6 is 0 Å². The van der Waals surface area contributed by atoms with Crippen LogP contribution in [0.1, 0.15) is 47.3 Å². The highest BCUT2D eigenvalue weighted by molar-refractivity contribution is 7.92. The van der Waals surface area contributed by atoms with E-state index >= 15 is 0 Å². The number of carbonyl (C=O) groups excluding carboxylic acids is 1. The highest BCUT2D eigenvalue weighted by Crippen LogP contribution is 2.16. The zero-order valence-electron chi connectivity index (χ0n) is 22.1. The van der Waals surface area contributed by atoms with Gasteiger partial charge in [-0.3, -0.25) is 9.52 Å². The lowest BCUT2D eigenvalue weighted by Crippen LogP contribution is -2.48. The third-order valence-corrected chi connectivity index (χ3v) is 7.60. The molecule has 0 aliphatic rings. The molecule has 0 heterocycles. The standard InChI is InChI=1S/C29H35F2N3O4S/c1-3-11-39(37,38)34-26-10-6-9-23(16-26)29(36)33-27(15-22-13-24(30)17-25(31)14-22)28(35)19-32-18-21-8-5-7-20(4-2)12-21/h5-10,12-14,16-17,27-28,32,34-35H,3-4,11,15,18-19H2,1-2H3,(H,33,36)/t27-,28+/m0/s1. The SMILES string of the molecule is CCCS(=O)(=O)Nc1cccc(C(=O)N[C@@H](Cc2cc(F)cc(F)c2)[C@H](O)CNCc2cccc(CC)c2)c1. The number of hydrogen-bond acceptors (Lipinski definition) is 5. The van der Waals surface area contributed by atoms with Crippen molar-refractivity contribution in [2.45, 2.75) is 51.8 Å². The first-order valence-electron chi connectivity index (χ1n) is 12.9. The van der Waals surface area contributed by atoms with E-state index in [0.717, 1.165) is 30.2 Å². The maximum atomic E-state index is 13.8. The Morgan fingerprint density at radius 2 is 1.62 bits per heavy atom. The predicted molar refractivity (Wildman–Crippen MR) is 149 cm³/mol. The number of amides is 1. The van der Waals surface area contributed by atoms with Gasteiger partial charge in [-0.15, -0.1) is 0 Å². The van der Waals surface area contributed by atoms with Crippen molar-refractivity contribution in [1.29, 1.82) is 0 Å². The third-order valence-electron chi connectivity index (χ3n) is 6.11. The molecule has 4 N–H and O–H groups in total. The second kappa shape index (κ2) is 14.2. The molecule has 0 aromatic heterocycles. The van der Waals surface area contributed by atoms with Gasteiger partial charge in [0.05, 0.1) is 17.9 Å². The molecule has 0 saturated heterocycles.